The average Bonchev–Trinajstić information content (AvgIpc) is 2.94. The summed E-state index contributed by atoms with van der Waals surface area (Å²) in [6.45, 7) is 9.03. The molecule has 0 saturated heterocycles. The van der Waals surface area contributed by atoms with E-state index in [1.807, 2.05) is 0 Å². The maximum absolute atomic E-state index is 13.4. The van der Waals surface area contributed by atoms with Gasteiger partial charge in [-0.25, -0.2) is 9.18 Å². The fourth-order valence-corrected chi connectivity index (χ4v) is 3.61. The second-order valence-electron chi connectivity index (χ2n) is 7.26. The van der Waals surface area contributed by atoms with E-state index < -0.39 is 12.0 Å². The van der Waals surface area contributed by atoms with Gasteiger partial charge in [-0.05, 0) is 51.0 Å². The van der Waals surface area contributed by atoms with E-state index in [1.54, 1.807) is 58.4 Å². The number of hydrogen-bond acceptors (Lipinski definition) is 4. The first-order valence-corrected chi connectivity index (χ1v) is 10.0. The minimum Gasteiger partial charge on any atom is -0.461 e. The minimum atomic E-state index is -0.752. The number of carbonyl (C=O) groups is 3. The molecule has 1 atom stereocenters. The van der Waals surface area contributed by atoms with E-state index in [0.717, 1.165) is 5.56 Å². The number of carbonyl (C=O) groups excluding carboxylic acids is 3. The normalized spacial score (nSPS) is 11.8. The van der Waals surface area contributed by atoms with Crippen LogP contribution in [0.1, 0.15) is 64.9 Å². The fraction of sp³-hybridized carbons (Fsp3) is 0.435. The maximum Gasteiger partial charge on any atom is 0.355 e. The van der Waals surface area contributed by atoms with Crippen molar-refractivity contribution in [1.82, 2.24) is 9.47 Å². The Morgan fingerprint density at radius 2 is 1.73 bits per heavy atom. The van der Waals surface area contributed by atoms with Crippen LogP contribution in [0.15, 0.2) is 24.3 Å². The molecule has 0 aliphatic rings. The molecule has 2 aromatic rings. The van der Waals surface area contributed by atoms with Gasteiger partial charge in [0.1, 0.15) is 11.5 Å². The Bertz CT molecular complexity index is 947. The molecule has 0 aliphatic heterocycles. The molecule has 0 fully saturated rings. The van der Waals surface area contributed by atoms with E-state index in [-0.39, 0.29) is 37.1 Å². The van der Waals surface area contributed by atoms with Gasteiger partial charge in [0.25, 0.3) is 0 Å². The summed E-state index contributed by atoms with van der Waals surface area (Å²) < 4.78 is 20.0. The smallest absolute Gasteiger partial charge is 0.355 e. The summed E-state index contributed by atoms with van der Waals surface area (Å²) >= 11 is 0. The lowest BCUT2D eigenvalue weighted by molar-refractivity contribution is -0.132. The van der Waals surface area contributed by atoms with Crippen molar-refractivity contribution in [3.63, 3.8) is 0 Å². The highest BCUT2D eigenvalue weighted by Crippen LogP contribution is 2.25. The second kappa shape index (κ2) is 9.69. The standard InChI is InChI=1S/C23H29FN2O4/c1-7-19(27)26(13-17-9-11-18(24)12-10-17)16(5)22(28)20-14(3)21(23(29)30-8-2)25(6)15(20)4/h9-12,16H,7-8,13H2,1-6H3/t16-/m0/s1. The van der Waals surface area contributed by atoms with Crippen molar-refractivity contribution in [3.05, 3.63) is 58.2 Å². The van der Waals surface area contributed by atoms with Crippen LogP contribution < -0.4 is 0 Å². The molecule has 0 saturated carbocycles. The first-order valence-electron chi connectivity index (χ1n) is 10.0. The van der Waals surface area contributed by atoms with Crippen molar-refractivity contribution < 1.29 is 23.5 Å². The van der Waals surface area contributed by atoms with Crippen LogP contribution in [-0.2, 0) is 23.1 Å². The third-order valence-electron chi connectivity index (χ3n) is 5.38. The number of benzene rings is 1. The molecule has 0 aliphatic carbocycles. The van der Waals surface area contributed by atoms with Crippen molar-refractivity contribution in [2.75, 3.05) is 6.61 Å². The van der Waals surface area contributed by atoms with Gasteiger partial charge in [-0.1, -0.05) is 19.1 Å². The molecule has 0 unspecified atom stereocenters. The third kappa shape index (κ3) is 4.61. The van der Waals surface area contributed by atoms with Crippen LogP contribution in [0.4, 0.5) is 4.39 Å². The highest BCUT2D eigenvalue weighted by atomic mass is 19.1. The lowest BCUT2D eigenvalue weighted by Gasteiger charge is -2.28. The number of ketones is 1. The average molecular weight is 416 g/mol. The molecule has 1 aromatic heterocycles. The van der Waals surface area contributed by atoms with E-state index in [2.05, 4.69) is 0 Å². The van der Waals surface area contributed by atoms with E-state index in [1.165, 1.54) is 17.0 Å². The number of ether oxygens (including phenoxy) is 1. The molecule has 0 N–H and O–H groups in total. The predicted molar refractivity (Wildman–Crippen MR) is 112 cm³/mol. The molecule has 6 nitrogen and oxygen atoms in total. The Balaban J connectivity index is 2.41. The second-order valence-corrected chi connectivity index (χ2v) is 7.26. The van der Waals surface area contributed by atoms with Crippen LogP contribution in [0.2, 0.25) is 0 Å². The van der Waals surface area contributed by atoms with Crippen LogP contribution in [-0.4, -0.2) is 39.8 Å². The van der Waals surface area contributed by atoms with Crippen LogP contribution in [0.25, 0.3) is 0 Å². The zero-order valence-electron chi connectivity index (χ0n) is 18.4. The zero-order chi connectivity index (χ0) is 22.6. The van der Waals surface area contributed by atoms with Gasteiger partial charge in [0.15, 0.2) is 5.78 Å². The summed E-state index contributed by atoms with van der Waals surface area (Å²) in [5.41, 5.74) is 2.65. The Morgan fingerprint density at radius 1 is 1.13 bits per heavy atom. The lowest BCUT2D eigenvalue weighted by Crippen LogP contribution is -2.42. The number of amides is 1. The first kappa shape index (κ1) is 23.3. The van der Waals surface area contributed by atoms with Crippen LogP contribution >= 0.6 is 0 Å². The third-order valence-corrected chi connectivity index (χ3v) is 5.38. The van der Waals surface area contributed by atoms with E-state index in [9.17, 15) is 18.8 Å². The molecule has 0 radical (unpaired) electrons. The first-order chi connectivity index (χ1) is 14.1. The van der Waals surface area contributed by atoms with Gasteiger partial charge >= 0.3 is 5.97 Å². The molecule has 1 aromatic carbocycles. The number of rotatable bonds is 8. The highest BCUT2D eigenvalue weighted by Gasteiger charge is 2.32. The van der Waals surface area contributed by atoms with Gasteiger partial charge in [0, 0.05) is 31.3 Å². The number of nitrogens with zero attached hydrogens (tertiary/aromatic N) is 2. The molecule has 0 spiro atoms. The number of aromatic nitrogens is 1. The van der Waals surface area contributed by atoms with Gasteiger partial charge < -0.3 is 14.2 Å². The molecule has 0 bridgehead atoms. The van der Waals surface area contributed by atoms with Crippen molar-refractivity contribution in [3.8, 4) is 0 Å². The summed E-state index contributed by atoms with van der Waals surface area (Å²) in [4.78, 5) is 39.9. The van der Waals surface area contributed by atoms with Gasteiger partial charge in [-0.3, -0.25) is 9.59 Å². The molecular weight excluding hydrogens is 387 g/mol. The van der Waals surface area contributed by atoms with Gasteiger partial charge in [0.2, 0.25) is 5.91 Å². The Kier molecular flexibility index (Phi) is 7.54. The molecule has 2 rings (SSSR count). The number of hydrogen-bond donors (Lipinski definition) is 0. The summed E-state index contributed by atoms with van der Waals surface area (Å²) in [5.74, 6) is -1.28. The summed E-state index contributed by atoms with van der Waals surface area (Å²) in [5, 5.41) is 0. The Morgan fingerprint density at radius 3 is 2.27 bits per heavy atom. The highest BCUT2D eigenvalue weighted by molar-refractivity contribution is 6.06. The van der Waals surface area contributed by atoms with Gasteiger partial charge in [0.05, 0.1) is 12.6 Å². The predicted octanol–water partition coefficient (Wildman–Crippen LogP) is 3.97. The van der Waals surface area contributed by atoms with E-state index in [0.29, 0.717) is 22.5 Å². The fourth-order valence-electron chi connectivity index (χ4n) is 3.61. The Labute approximate surface area is 176 Å². The molecule has 1 amide bonds. The quantitative estimate of drug-likeness (QED) is 0.482. The molecule has 30 heavy (non-hydrogen) atoms. The topological polar surface area (TPSA) is 68.6 Å². The summed E-state index contributed by atoms with van der Waals surface area (Å²) in [6, 6.07) is 5.10. The molecule has 162 valence electrons. The molecule has 1 heterocycles. The van der Waals surface area contributed by atoms with Gasteiger partial charge in [-0.15, -0.1) is 0 Å². The van der Waals surface area contributed by atoms with E-state index in [4.69, 9.17) is 4.74 Å². The number of halogens is 1. The van der Waals surface area contributed by atoms with Gasteiger partial charge in [-0.2, -0.15) is 0 Å². The minimum absolute atomic E-state index is 0.183. The van der Waals surface area contributed by atoms with Crippen LogP contribution in [0.3, 0.4) is 0 Å². The van der Waals surface area contributed by atoms with Crippen molar-refractivity contribution in [2.24, 2.45) is 7.05 Å². The zero-order valence-corrected chi connectivity index (χ0v) is 18.4. The largest absolute Gasteiger partial charge is 0.461 e. The van der Waals surface area contributed by atoms with Crippen molar-refractivity contribution in [2.45, 2.75) is 53.6 Å². The monoisotopic (exact) mass is 416 g/mol. The Hall–Kier alpha value is -2.96. The van der Waals surface area contributed by atoms with Crippen LogP contribution in [0.5, 0.6) is 0 Å². The van der Waals surface area contributed by atoms with Crippen molar-refractivity contribution >= 4 is 17.7 Å². The SMILES string of the molecule is CCOC(=O)c1c(C)c(C(=O)[C@H](C)N(Cc2ccc(F)cc2)C(=O)CC)c(C)n1C. The molecular formula is C23H29FN2O4. The lowest BCUT2D eigenvalue weighted by atomic mass is 9.99. The summed E-state index contributed by atoms with van der Waals surface area (Å²) in [7, 11) is 1.71. The maximum atomic E-state index is 13.4. The van der Waals surface area contributed by atoms with Crippen molar-refractivity contribution in [1.29, 1.82) is 0 Å². The van der Waals surface area contributed by atoms with Crippen LogP contribution in [0, 0.1) is 19.7 Å². The number of esters is 1. The van der Waals surface area contributed by atoms with E-state index >= 15 is 0 Å². The molecule has 7 heteroatoms. The number of Topliss-reactive ketones (excluding diaryl/α,β-unsaturated/α-hetero) is 1. The summed E-state index contributed by atoms with van der Waals surface area (Å²) in [6.07, 6.45) is 0.236.